The Balaban J connectivity index is 1.82. The van der Waals surface area contributed by atoms with E-state index in [1.54, 1.807) is 38.1 Å². The summed E-state index contributed by atoms with van der Waals surface area (Å²) in [7, 11) is 0. The highest BCUT2D eigenvalue weighted by Gasteiger charge is 2.26. The van der Waals surface area contributed by atoms with E-state index in [2.05, 4.69) is 10.6 Å². The fraction of sp³-hybridized carbons (Fsp3) is 0.381. The van der Waals surface area contributed by atoms with Crippen LogP contribution in [0, 0.1) is 0 Å². The van der Waals surface area contributed by atoms with Crippen LogP contribution in [0.2, 0.25) is 0 Å². The maximum absolute atomic E-state index is 11.2. The molecule has 2 aromatic rings. The third-order valence-electron chi connectivity index (χ3n) is 4.53. The molecule has 0 aliphatic heterocycles. The molecule has 0 saturated heterocycles. The predicted molar refractivity (Wildman–Crippen MR) is 106 cm³/mol. The molecule has 0 amide bonds. The predicted octanol–water partition coefficient (Wildman–Crippen LogP) is 2.92. The molecular weight excluding hydrogens is 344 g/mol. The highest BCUT2D eigenvalue weighted by atomic mass is 16.4. The summed E-state index contributed by atoms with van der Waals surface area (Å²) in [6, 6.07) is 14.1. The maximum Gasteiger partial charge on any atom is 0.328 e. The summed E-state index contributed by atoms with van der Waals surface area (Å²) in [6.07, 6.45) is 0.130. The van der Waals surface area contributed by atoms with Crippen LogP contribution < -0.4 is 10.6 Å². The van der Waals surface area contributed by atoms with Gasteiger partial charge in [0.05, 0.1) is 6.10 Å². The fourth-order valence-corrected chi connectivity index (χ4v) is 2.69. The molecule has 0 unspecified atom stereocenters. The molecule has 0 radical (unpaired) electrons. The lowest BCUT2D eigenvalue weighted by Gasteiger charge is -2.22. The van der Waals surface area contributed by atoms with Crippen molar-refractivity contribution in [1.82, 2.24) is 5.32 Å². The normalized spacial score (nSPS) is 13.8. The number of aliphatic hydroxyl groups is 1. The lowest BCUT2D eigenvalue weighted by Crippen LogP contribution is -2.39. The highest BCUT2D eigenvalue weighted by molar-refractivity contribution is 5.81. The number of nitrogens with one attached hydrogen (secondary N) is 2. The average Bonchev–Trinajstić information content (AvgIpc) is 2.62. The van der Waals surface area contributed by atoms with Gasteiger partial charge in [-0.25, -0.2) is 4.79 Å². The van der Waals surface area contributed by atoms with Crippen molar-refractivity contribution in [2.75, 3.05) is 11.9 Å². The number of carboxylic acid groups (broad SMARTS) is 1. The number of carboxylic acids is 1. The molecule has 6 heteroatoms. The molecular formula is C21H28N2O4. The van der Waals surface area contributed by atoms with Crippen LogP contribution in [0.1, 0.15) is 38.0 Å². The number of aliphatic carboxylic acids is 1. The van der Waals surface area contributed by atoms with Crippen LogP contribution >= 0.6 is 0 Å². The molecule has 0 bridgehead atoms. The Morgan fingerprint density at radius 1 is 1.07 bits per heavy atom. The third-order valence-corrected chi connectivity index (χ3v) is 4.53. The largest absolute Gasteiger partial charge is 0.508 e. The minimum Gasteiger partial charge on any atom is -0.508 e. The zero-order valence-corrected chi connectivity index (χ0v) is 15.9. The Hall–Kier alpha value is -2.57. The van der Waals surface area contributed by atoms with Crippen LogP contribution in [0.25, 0.3) is 0 Å². The maximum atomic E-state index is 11.2. The van der Waals surface area contributed by atoms with E-state index >= 15 is 0 Å². The Bertz CT molecular complexity index is 742. The molecule has 5 N–H and O–H groups in total. The average molecular weight is 372 g/mol. The molecule has 2 aromatic carbocycles. The first-order chi connectivity index (χ1) is 12.7. The summed E-state index contributed by atoms with van der Waals surface area (Å²) in [5, 5.41) is 35.1. The molecule has 6 nitrogen and oxygen atoms in total. The molecule has 0 aliphatic carbocycles. The van der Waals surface area contributed by atoms with Gasteiger partial charge in [-0.05, 0) is 69.1 Å². The Labute approximate surface area is 159 Å². The number of hydrogen-bond donors (Lipinski definition) is 5. The standard InChI is InChI=1S/C21H28N2O4/c1-14(19(25)16-6-10-18(24)11-7-16)22-13-12-15-4-8-17(9-5-15)23-21(2,3)20(26)27/h4-11,14,19,22-25H,12-13H2,1-3H3,(H,26,27)/t14-,19+/m1/s1. The molecule has 2 atom stereocenters. The third kappa shape index (κ3) is 5.98. The van der Waals surface area contributed by atoms with Crippen molar-refractivity contribution in [3.05, 3.63) is 59.7 Å². The summed E-state index contributed by atoms with van der Waals surface area (Å²) < 4.78 is 0. The molecule has 0 heterocycles. The van der Waals surface area contributed by atoms with Gasteiger partial charge in [-0.1, -0.05) is 24.3 Å². The zero-order chi connectivity index (χ0) is 20.0. The van der Waals surface area contributed by atoms with E-state index in [1.165, 1.54) is 0 Å². The lowest BCUT2D eigenvalue weighted by atomic mass is 10.0. The van der Waals surface area contributed by atoms with Crippen molar-refractivity contribution < 1.29 is 20.1 Å². The van der Waals surface area contributed by atoms with Gasteiger partial charge in [0, 0.05) is 11.7 Å². The topological polar surface area (TPSA) is 102 Å². The number of carbonyl (C=O) groups is 1. The van der Waals surface area contributed by atoms with E-state index in [-0.39, 0.29) is 11.8 Å². The minimum atomic E-state index is -1.02. The smallest absolute Gasteiger partial charge is 0.328 e. The quantitative estimate of drug-likeness (QED) is 0.464. The van der Waals surface area contributed by atoms with E-state index in [1.807, 2.05) is 31.2 Å². The minimum absolute atomic E-state index is 0.133. The van der Waals surface area contributed by atoms with E-state index in [9.17, 15) is 15.0 Å². The van der Waals surface area contributed by atoms with E-state index in [4.69, 9.17) is 5.11 Å². The number of anilines is 1. The summed E-state index contributed by atoms with van der Waals surface area (Å²) in [5.74, 6) is -0.729. The van der Waals surface area contributed by atoms with Gasteiger partial charge in [0.25, 0.3) is 0 Å². The molecule has 0 aromatic heterocycles. The Kier molecular flexibility index (Phi) is 6.82. The number of aliphatic hydroxyl groups excluding tert-OH is 1. The second-order valence-corrected chi connectivity index (χ2v) is 7.28. The number of phenolic OH excluding ortho intramolecular Hbond substituents is 1. The van der Waals surface area contributed by atoms with E-state index < -0.39 is 17.6 Å². The molecule has 0 aliphatic rings. The highest BCUT2D eigenvalue weighted by Crippen LogP contribution is 2.20. The molecule has 146 valence electrons. The fourth-order valence-electron chi connectivity index (χ4n) is 2.69. The number of benzene rings is 2. The van der Waals surface area contributed by atoms with Crippen LogP contribution in [-0.4, -0.2) is 39.4 Å². The van der Waals surface area contributed by atoms with Gasteiger partial charge < -0.3 is 26.0 Å². The van der Waals surface area contributed by atoms with Crippen molar-refractivity contribution in [3.63, 3.8) is 0 Å². The second-order valence-electron chi connectivity index (χ2n) is 7.28. The van der Waals surface area contributed by atoms with Gasteiger partial charge in [-0.15, -0.1) is 0 Å². The van der Waals surface area contributed by atoms with Crippen LogP contribution in [-0.2, 0) is 11.2 Å². The first kappa shape index (κ1) is 20.7. The van der Waals surface area contributed by atoms with Crippen LogP contribution in [0.15, 0.2) is 48.5 Å². The van der Waals surface area contributed by atoms with Crippen molar-refractivity contribution in [1.29, 1.82) is 0 Å². The summed E-state index contributed by atoms with van der Waals surface area (Å²) in [6.45, 7) is 5.85. The van der Waals surface area contributed by atoms with Gasteiger partial charge in [-0.2, -0.15) is 0 Å². The van der Waals surface area contributed by atoms with E-state index in [0.29, 0.717) is 6.54 Å². The first-order valence-electron chi connectivity index (χ1n) is 9.00. The molecule has 0 saturated carbocycles. The van der Waals surface area contributed by atoms with Gasteiger partial charge in [0.2, 0.25) is 0 Å². The zero-order valence-electron chi connectivity index (χ0n) is 15.9. The molecule has 2 rings (SSSR count). The number of hydrogen-bond acceptors (Lipinski definition) is 5. The summed E-state index contributed by atoms with van der Waals surface area (Å²) >= 11 is 0. The van der Waals surface area contributed by atoms with Crippen LogP contribution in [0.4, 0.5) is 5.69 Å². The van der Waals surface area contributed by atoms with E-state index in [0.717, 1.165) is 23.2 Å². The Morgan fingerprint density at radius 2 is 1.67 bits per heavy atom. The SMILES string of the molecule is C[C@@H](NCCc1ccc(NC(C)(C)C(=O)O)cc1)[C@H](O)c1ccc(O)cc1. The van der Waals surface area contributed by atoms with Crippen molar-refractivity contribution in [2.24, 2.45) is 0 Å². The lowest BCUT2D eigenvalue weighted by molar-refractivity contribution is -0.141. The van der Waals surface area contributed by atoms with Crippen molar-refractivity contribution in [2.45, 2.75) is 44.9 Å². The van der Waals surface area contributed by atoms with Crippen LogP contribution in [0.5, 0.6) is 5.75 Å². The molecule has 0 fully saturated rings. The second kappa shape index (κ2) is 8.88. The van der Waals surface area contributed by atoms with Crippen molar-refractivity contribution in [3.8, 4) is 5.75 Å². The summed E-state index contributed by atoms with van der Waals surface area (Å²) in [4.78, 5) is 11.2. The molecule has 27 heavy (non-hydrogen) atoms. The Morgan fingerprint density at radius 3 is 2.22 bits per heavy atom. The van der Waals surface area contributed by atoms with Gasteiger partial charge in [0.15, 0.2) is 0 Å². The monoisotopic (exact) mass is 372 g/mol. The van der Waals surface area contributed by atoms with Crippen LogP contribution in [0.3, 0.4) is 0 Å². The van der Waals surface area contributed by atoms with Gasteiger partial charge >= 0.3 is 5.97 Å². The number of aromatic hydroxyl groups is 1. The summed E-state index contributed by atoms with van der Waals surface area (Å²) in [5.41, 5.74) is 1.61. The number of phenols is 1. The van der Waals surface area contributed by atoms with Gasteiger partial charge in [0.1, 0.15) is 11.3 Å². The number of rotatable bonds is 9. The van der Waals surface area contributed by atoms with Crippen molar-refractivity contribution >= 4 is 11.7 Å². The molecule has 0 spiro atoms. The van der Waals surface area contributed by atoms with Gasteiger partial charge in [-0.3, -0.25) is 0 Å². The first-order valence-corrected chi connectivity index (χ1v) is 9.00.